The van der Waals surface area contributed by atoms with Crippen molar-refractivity contribution in [3.63, 3.8) is 0 Å². The zero-order chi connectivity index (χ0) is 17.5. The van der Waals surface area contributed by atoms with E-state index in [1.54, 1.807) is 0 Å². The summed E-state index contributed by atoms with van der Waals surface area (Å²) in [5.74, 6) is 2.13. The molecule has 3 rings (SSSR count). The van der Waals surface area contributed by atoms with Crippen molar-refractivity contribution in [3.05, 3.63) is 11.7 Å². The van der Waals surface area contributed by atoms with Gasteiger partial charge >= 0.3 is 0 Å². The van der Waals surface area contributed by atoms with Gasteiger partial charge < -0.3 is 9.42 Å². The molecule has 25 heavy (non-hydrogen) atoms. The van der Waals surface area contributed by atoms with E-state index in [9.17, 15) is 4.79 Å². The van der Waals surface area contributed by atoms with E-state index in [1.807, 2.05) is 0 Å². The van der Waals surface area contributed by atoms with Crippen LogP contribution in [0.3, 0.4) is 0 Å². The highest BCUT2D eigenvalue weighted by molar-refractivity contribution is 5.79. The summed E-state index contributed by atoms with van der Waals surface area (Å²) < 4.78 is 5.37. The summed E-state index contributed by atoms with van der Waals surface area (Å²) in [5.41, 5.74) is 0. The first-order chi connectivity index (χ1) is 12.3. The number of likely N-dealkylation sites (tertiary alicyclic amines) is 2. The lowest BCUT2D eigenvalue weighted by atomic mass is 9.95. The van der Waals surface area contributed by atoms with Crippen molar-refractivity contribution in [3.8, 4) is 0 Å². The van der Waals surface area contributed by atoms with Gasteiger partial charge in [-0.3, -0.25) is 9.69 Å². The topological polar surface area (TPSA) is 62.5 Å². The Balaban J connectivity index is 1.43. The second kappa shape index (κ2) is 9.32. The van der Waals surface area contributed by atoms with Gasteiger partial charge in [0.1, 0.15) is 0 Å². The largest absolute Gasteiger partial charge is 0.342 e. The van der Waals surface area contributed by atoms with Crippen LogP contribution in [0.15, 0.2) is 4.52 Å². The van der Waals surface area contributed by atoms with Crippen molar-refractivity contribution in [2.45, 2.75) is 71.3 Å². The molecule has 6 nitrogen and oxygen atoms in total. The third-order valence-corrected chi connectivity index (χ3v) is 5.48. The first-order valence-corrected chi connectivity index (χ1v) is 10.1. The molecule has 0 radical (unpaired) electrons. The Morgan fingerprint density at radius 1 is 1.12 bits per heavy atom. The van der Waals surface area contributed by atoms with E-state index in [2.05, 4.69) is 26.9 Å². The average Bonchev–Trinajstić information content (AvgIpc) is 2.91. The van der Waals surface area contributed by atoms with E-state index >= 15 is 0 Å². The van der Waals surface area contributed by atoms with E-state index < -0.39 is 0 Å². The lowest BCUT2D eigenvalue weighted by Crippen LogP contribution is -2.42. The molecule has 2 aliphatic rings. The number of rotatable bonds is 6. The summed E-state index contributed by atoms with van der Waals surface area (Å²) in [6.45, 7) is 6.68. The summed E-state index contributed by atoms with van der Waals surface area (Å²) in [6.07, 6.45) is 9.92. The number of amides is 1. The standard InChI is InChI=1S/C19H32N4O2/c1-2-3-8-17-20-18(25-21-17)15-22-13-9-16(10-14-22)19(24)23-11-6-4-5-7-12-23/h16H,2-15H2,1H3. The predicted molar refractivity (Wildman–Crippen MR) is 96.0 cm³/mol. The Morgan fingerprint density at radius 2 is 1.84 bits per heavy atom. The van der Waals surface area contributed by atoms with Crippen molar-refractivity contribution in [2.75, 3.05) is 26.2 Å². The molecule has 0 N–H and O–H groups in total. The molecule has 140 valence electrons. The third kappa shape index (κ3) is 5.27. The van der Waals surface area contributed by atoms with Crippen LogP contribution >= 0.6 is 0 Å². The number of aromatic nitrogens is 2. The molecule has 2 saturated heterocycles. The Hall–Kier alpha value is -1.43. The number of piperidine rings is 1. The van der Waals surface area contributed by atoms with Gasteiger partial charge in [0.25, 0.3) is 0 Å². The van der Waals surface area contributed by atoms with Crippen LogP contribution in [-0.2, 0) is 17.8 Å². The Labute approximate surface area is 150 Å². The highest BCUT2D eigenvalue weighted by Crippen LogP contribution is 2.22. The second-order valence-corrected chi connectivity index (χ2v) is 7.50. The van der Waals surface area contributed by atoms with Gasteiger partial charge in [0.05, 0.1) is 6.54 Å². The van der Waals surface area contributed by atoms with Crippen molar-refractivity contribution in [2.24, 2.45) is 5.92 Å². The number of carbonyl (C=O) groups excluding carboxylic acids is 1. The van der Waals surface area contributed by atoms with Crippen LogP contribution in [0.25, 0.3) is 0 Å². The minimum absolute atomic E-state index is 0.206. The fourth-order valence-electron chi connectivity index (χ4n) is 3.87. The quantitative estimate of drug-likeness (QED) is 0.791. The number of hydrogen-bond donors (Lipinski definition) is 0. The Kier molecular flexibility index (Phi) is 6.84. The van der Waals surface area contributed by atoms with Crippen LogP contribution in [0, 0.1) is 5.92 Å². The minimum atomic E-state index is 0.206. The molecule has 3 heterocycles. The molecule has 1 aromatic rings. The van der Waals surface area contributed by atoms with Crippen LogP contribution in [-0.4, -0.2) is 52.0 Å². The van der Waals surface area contributed by atoms with Crippen molar-refractivity contribution < 1.29 is 9.32 Å². The highest BCUT2D eigenvalue weighted by atomic mass is 16.5. The summed E-state index contributed by atoms with van der Waals surface area (Å²) in [4.78, 5) is 21.7. The molecule has 0 aromatic carbocycles. The third-order valence-electron chi connectivity index (χ3n) is 5.48. The van der Waals surface area contributed by atoms with E-state index in [4.69, 9.17) is 4.52 Å². The van der Waals surface area contributed by atoms with Crippen LogP contribution in [0.5, 0.6) is 0 Å². The number of unbranched alkanes of at least 4 members (excludes halogenated alkanes) is 1. The SMILES string of the molecule is CCCCc1noc(CN2CCC(C(=O)N3CCCCCC3)CC2)n1. The molecule has 0 bridgehead atoms. The van der Waals surface area contributed by atoms with Crippen LogP contribution in [0.4, 0.5) is 0 Å². The normalized spacial score (nSPS) is 20.6. The summed E-state index contributed by atoms with van der Waals surface area (Å²) >= 11 is 0. The molecule has 0 atom stereocenters. The molecule has 6 heteroatoms. The fraction of sp³-hybridized carbons (Fsp3) is 0.842. The van der Waals surface area contributed by atoms with Crippen LogP contribution in [0.1, 0.15) is 70.0 Å². The van der Waals surface area contributed by atoms with Crippen LogP contribution in [0.2, 0.25) is 0 Å². The number of aryl methyl sites for hydroxylation is 1. The molecule has 0 aliphatic carbocycles. The lowest BCUT2D eigenvalue weighted by Gasteiger charge is -2.33. The fourth-order valence-corrected chi connectivity index (χ4v) is 3.87. The Morgan fingerprint density at radius 3 is 2.52 bits per heavy atom. The molecule has 0 saturated carbocycles. The minimum Gasteiger partial charge on any atom is -0.342 e. The maximum absolute atomic E-state index is 12.7. The smallest absolute Gasteiger partial charge is 0.240 e. The molecule has 1 aromatic heterocycles. The number of nitrogens with zero attached hydrogens (tertiary/aromatic N) is 4. The molecule has 0 unspecified atom stereocenters. The molecular weight excluding hydrogens is 316 g/mol. The van der Waals surface area contributed by atoms with Gasteiger partial charge in [-0.1, -0.05) is 31.3 Å². The van der Waals surface area contributed by atoms with Crippen molar-refractivity contribution in [1.29, 1.82) is 0 Å². The zero-order valence-corrected chi connectivity index (χ0v) is 15.6. The lowest BCUT2D eigenvalue weighted by molar-refractivity contribution is -0.137. The highest BCUT2D eigenvalue weighted by Gasteiger charge is 2.29. The van der Waals surface area contributed by atoms with Gasteiger partial charge in [0.2, 0.25) is 11.8 Å². The van der Waals surface area contributed by atoms with Gasteiger partial charge in [0, 0.05) is 25.4 Å². The van der Waals surface area contributed by atoms with E-state index in [0.717, 1.165) is 64.1 Å². The monoisotopic (exact) mass is 348 g/mol. The first-order valence-electron chi connectivity index (χ1n) is 10.1. The van der Waals surface area contributed by atoms with Crippen molar-refractivity contribution in [1.82, 2.24) is 19.9 Å². The average molecular weight is 348 g/mol. The first kappa shape index (κ1) is 18.4. The van der Waals surface area contributed by atoms with Gasteiger partial charge in [-0.05, 0) is 45.2 Å². The van der Waals surface area contributed by atoms with Gasteiger partial charge in [0.15, 0.2) is 5.82 Å². The summed E-state index contributed by atoms with van der Waals surface area (Å²) in [7, 11) is 0. The number of carbonyl (C=O) groups is 1. The van der Waals surface area contributed by atoms with Gasteiger partial charge in [-0.15, -0.1) is 0 Å². The Bertz CT molecular complexity index is 529. The number of hydrogen-bond acceptors (Lipinski definition) is 5. The summed E-state index contributed by atoms with van der Waals surface area (Å²) in [6, 6.07) is 0. The molecule has 0 spiro atoms. The zero-order valence-electron chi connectivity index (χ0n) is 15.6. The van der Waals surface area contributed by atoms with Gasteiger partial charge in [-0.2, -0.15) is 4.98 Å². The molecular formula is C19H32N4O2. The molecule has 1 amide bonds. The van der Waals surface area contributed by atoms with Crippen LogP contribution < -0.4 is 0 Å². The maximum atomic E-state index is 12.7. The van der Waals surface area contributed by atoms with Crippen molar-refractivity contribution >= 4 is 5.91 Å². The predicted octanol–water partition coefficient (Wildman–Crippen LogP) is 3.03. The summed E-state index contributed by atoms with van der Waals surface area (Å²) in [5, 5.41) is 4.06. The maximum Gasteiger partial charge on any atom is 0.240 e. The molecule has 2 aliphatic heterocycles. The molecule has 2 fully saturated rings. The van der Waals surface area contributed by atoms with E-state index in [1.165, 1.54) is 25.7 Å². The van der Waals surface area contributed by atoms with E-state index in [-0.39, 0.29) is 5.92 Å². The second-order valence-electron chi connectivity index (χ2n) is 7.50. The van der Waals surface area contributed by atoms with Gasteiger partial charge in [-0.25, -0.2) is 0 Å². The van der Waals surface area contributed by atoms with E-state index in [0.29, 0.717) is 18.3 Å².